The molecule has 0 spiro atoms. The molecule has 118 valence electrons. The van der Waals surface area contributed by atoms with Crippen LogP contribution in [0.3, 0.4) is 0 Å². The lowest BCUT2D eigenvalue weighted by Gasteiger charge is -2.23. The van der Waals surface area contributed by atoms with Gasteiger partial charge in [0.05, 0.1) is 6.04 Å². The molecule has 1 heterocycles. The quantitative estimate of drug-likeness (QED) is 0.860. The molecule has 6 heteroatoms. The Kier molecular flexibility index (Phi) is 5.24. The van der Waals surface area contributed by atoms with Crippen molar-refractivity contribution in [3.8, 4) is 0 Å². The standard InChI is InChI=1S/C16H20BrN3O2/c1-16(2,3)22-15(21)20-13(14-18-7-8-19-14)10-11-5-4-6-12(17)9-11/h4-9,13H,10H2,1-3H3,(H,18,19)(H,20,21)/t13-/m0/s1. The number of halogens is 1. The van der Waals surface area contributed by atoms with Crippen LogP contribution in [0.15, 0.2) is 41.1 Å². The van der Waals surface area contributed by atoms with Crippen LogP contribution in [0.2, 0.25) is 0 Å². The first-order chi connectivity index (χ1) is 10.3. The van der Waals surface area contributed by atoms with Crippen LogP contribution in [0.1, 0.15) is 38.2 Å². The van der Waals surface area contributed by atoms with Gasteiger partial charge in [0.1, 0.15) is 11.4 Å². The van der Waals surface area contributed by atoms with E-state index < -0.39 is 11.7 Å². The minimum atomic E-state index is -0.534. The van der Waals surface area contributed by atoms with Crippen LogP contribution in [0.5, 0.6) is 0 Å². The van der Waals surface area contributed by atoms with Crippen LogP contribution >= 0.6 is 15.9 Å². The third kappa shape index (κ3) is 5.18. The Morgan fingerprint density at radius 1 is 1.45 bits per heavy atom. The van der Waals surface area contributed by atoms with Crippen molar-refractivity contribution in [3.05, 3.63) is 52.5 Å². The number of benzene rings is 1. The topological polar surface area (TPSA) is 67.0 Å². The molecule has 22 heavy (non-hydrogen) atoms. The largest absolute Gasteiger partial charge is 0.444 e. The van der Waals surface area contributed by atoms with E-state index in [4.69, 9.17) is 4.74 Å². The van der Waals surface area contributed by atoms with Gasteiger partial charge in [-0.05, 0) is 38.5 Å². The summed E-state index contributed by atoms with van der Waals surface area (Å²) in [5.74, 6) is 0.700. The molecule has 0 saturated heterocycles. The zero-order chi connectivity index (χ0) is 16.2. The zero-order valence-electron chi connectivity index (χ0n) is 12.9. The van der Waals surface area contributed by atoms with E-state index in [1.54, 1.807) is 12.4 Å². The number of ether oxygens (including phenoxy) is 1. The molecule has 1 amide bonds. The van der Waals surface area contributed by atoms with Gasteiger partial charge in [0.25, 0.3) is 0 Å². The number of carbonyl (C=O) groups is 1. The number of hydrogen-bond donors (Lipinski definition) is 2. The first kappa shape index (κ1) is 16.5. The molecule has 0 unspecified atom stereocenters. The van der Waals surface area contributed by atoms with Crippen molar-refractivity contribution < 1.29 is 9.53 Å². The maximum absolute atomic E-state index is 12.0. The van der Waals surface area contributed by atoms with E-state index in [0.29, 0.717) is 12.2 Å². The lowest BCUT2D eigenvalue weighted by Crippen LogP contribution is -2.36. The van der Waals surface area contributed by atoms with Crippen molar-refractivity contribution in [3.63, 3.8) is 0 Å². The molecule has 0 radical (unpaired) electrons. The van der Waals surface area contributed by atoms with Gasteiger partial charge in [-0.15, -0.1) is 0 Å². The highest BCUT2D eigenvalue weighted by atomic mass is 79.9. The Balaban J connectivity index is 2.12. The minimum Gasteiger partial charge on any atom is -0.444 e. The van der Waals surface area contributed by atoms with E-state index in [1.807, 2.05) is 45.0 Å². The summed E-state index contributed by atoms with van der Waals surface area (Å²) in [6, 6.07) is 7.68. The number of hydrogen-bond acceptors (Lipinski definition) is 3. The Morgan fingerprint density at radius 3 is 2.82 bits per heavy atom. The highest BCUT2D eigenvalue weighted by molar-refractivity contribution is 9.10. The third-order valence-corrected chi connectivity index (χ3v) is 3.36. The van der Waals surface area contributed by atoms with Crippen LogP contribution in [-0.2, 0) is 11.2 Å². The molecular weight excluding hydrogens is 346 g/mol. The van der Waals surface area contributed by atoms with Crippen LogP contribution in [0.25, 0.3) is 0 Å². The number of aromatic amines is 1. The molecule has 0 fully saturated rings. The van der Waals surface area contributed by atoms with Crippen LogP contribution < -0.4 is 5.32 Å². The molecule has 2 rings (SSSR count). The number of H-pyrrole nitrogens is 1. The molecule has 0 aliphatic heterocycles. The van der Waals surface area contributed by atoms with Gasteiger partial charge in [-0.1, -0.05) is 28.1 Å². The normalized spacial score (nSPS) is 12.7. The van der Waals surface area contributed by atoms with Gasteiger partial charge in [0.15, 0.2) is 0 Å². The van der Waals surface area contributed by atoms with Gasteiger partial charge < -0.3 is 15.0 Å². The van der Waals surface area contributed by atoms with Crippen molar-refractivity contribution >= 4 is 22.0 Å². The number of aromatic nitrogens is 2. The van der Waals surface area contributed by atoms with E-state index in [-0.39, 0.29) is 6.04 Å². The summed E-state index contributed by atoms with van der Waals surface area (Å²) < 4.78 is 6.33. The second-order valence-electron chi connectivity index (χ2n) is 6.01. The lowest BCUT2D eigenvalue weighted by atomic mass is 10.1. The fourth-order valence-electron chi connectivity index (χ4n) is 2.03. The summed E-state index contributed by atoms with van der Waals surface area (Å²) in [6.45, 7) is 5.51. The van der Waals surface area contributed by atoms with E-state index in [9.17, 15) is 4.79 Å². The molecule has 1 aromatic heterocycles. The molecule has 0 saturated carbocycles. The van der Waals surface area contributed by atoms with E-state index >= 15 is 0 Å². The minimum absolute atomic E-state index is 0.279. The molecule has 0 aliphatic carbocycles. The van der Waals surface area contributed by atoms with Gasteiger partial charge >= 0.3 is 6.09 Å². The fraction of sp³-hybridized carbons (Fsp3) is 0.375. The monoisotopic (exact) mass is 365 g/mol. The van der Waals surface area contributed by atoms with E-state index in [0.717, 1.165) is 10.0 Å². The SMILES string of the molecule is CC(C)(C)OC(=O)N[C@@H](Cc1cccc(Br)c1)c1ncc[nH]1. The van der Waals surface area contributed by atoms with Crippen molar-refractivity contribution in [1.29, 1.82) is 0 Å². The third-order valence-electron chi connectivity index (χ3n) is 2.87. The van der Waals surface area contributed by atoms with E-state index in [2.05, 4.69) is 31.2 Å². The summed E-state index contributed by atoms with van der Waals surface area (Å²) in [6.07, 6.45) is 3.57. The summed E-state index contributed by atoms with van der Waals surface area (Å²) in [5.41, 5.74) is 0.556. The predicted molar refractivity (Wildman–Crippen MR) is 88.5 cm³/mol. The molecule has 1 atom stereocenters. The molecule has 0 aliphatic rings. The number of nitrogens with zero attached hydrogens (tertiary/aromatic N) is 1. The molecule has 2 aromatic rings. The lowest BCUT2D eigenvalue weighted by molar-refractivity contribution is 0.0501. The molecule has 2 N–H and O–H groups in total. The predicted octanol–water partition coefficient (Wildman–Crippen LogP) is 3.98. The van der Waals surface area contributed by atoms with Gasteiger partial charge in [0.2, 0.25) is 0 Å². The number of imidazole rings is 1. The van der Waals surface area contributed by atoms with Crippen LogP contribution in [0, 0.1) is 0 Å². The molecule has 5 nitrogen and oxygen atoms in total. The molecule has 1 aromatic carbocycles. The second-order valence-corrected chi connectivity index (χ2v) is 6.92. The Hall–Kier alpha value is -1.82. The maximum atomic E-state index is 12.0. The Bertz CT molecular complexity index is 621. The van der Waals surface area contributed by atoms with Crippen LogP contribution in [-0.4, -0.2) is 21.7 Å². The van der Waals surface area contributed by atoms with E-state index in [1.165, 1.54) is 0 Å². The molecule has 0 bridgehead atoms. The number of alkyl carbamates (subject to hydrolysis) is 1. The van der Waals surface area contributed by atoms with Crippen LogP contribution in [0.4, 0.5) is 4.79 Å². The highest BCUT2D eigenvalue weighted by Crippen LogP contribution is 2.19. The number of rotatable bonds is 4. The number of amides is 1. The first-order valence-corrected chi connectivity index (χ1v) is 7.86. The average molecular weight is 366 g/mol. The summed E-state index contributed by atoms with van der Waals surface area (Å²) in [4.78, 5) is 19.3. The average Bonchev–Trinajstić information content (AvgIpc) is 2.89. The fourth-order valence-corrected chi connectivity index (χ4v) is 2.48. The van der Waals surface area contributed by atoms with Gasteiger partial charge in [-0.3, -0.25) is 0 Å². The summed E-state index contributed by atoms with van der Waals surface area (Å²) in [7, 11) is 0. The van der Waals surface area contributed by atoms with Gasteiger partial charge in [-0.25, -0.2) is 9.78 Å². The number of carbonyl (C=O) groups excluding carboxylic acids is 1. The summed E-state index contributed by atoms with van der Waals surface area (Å²) >= 11 is 3.46. The maximum Gasteiger partial charge on any atom is 0.408 e. The first-order valence-electron chi connectivity index (χ1n) is 7.07. The summed E-state index contributed by atoms with van der Waals surface area (Å²) in [5, 5.41) is 2.87. The number of nitrogens with one attached hydrogen (secondary N) is 2. The highest BCUT2D eigenvalue weighted by Gasteiger charge is 2.22. The van der Waals surface area contributed by atoms with Gasteiger partial charge in [-0.2, -0.15) is 0 Å². The van der Waals surface area contributed by atoms with Crippen molar-refractivity contribution in [1.82, 2.24) is 15.3 Å². The van der Waals surface area contributed by atoms with Crippen molar-refractivity contribution in [2.45, 2.75) is 38.8 Å². The Labute approximate surface area is 138 Å². The Morgan fingerprint density at radius 2 is 2.23 bits per heavy atom. The van der Waals surface area contributed by atoms with Crippen molar-refractivity contribution in [2.24, 2.45) is 0 Å². The zero-order valence-corrected chi connectivity index (χ0v) is 14.5. The van der Waals surface area contributed by atoms with Gasteiger partial charge in [0, 0.05) is 23.3 Å². The smallest absolute Gasteiger partial charge is 0.408 e. The second kappa shape index (κ2) is 6.96. The van der Waals surface area contributed by atoms with Crippen molar-refractivity contribution in [2.75, 3.05) is 0 Å². The molecular formula is C16H20BrN3O2.